The zero-order chi connectivity index (χ0) is 27.4. The first-order chi connectivity index (χ1) is 18.2. The molecule has 4 N–H and O–H groups in total. The van der Waals surface area contributed by atoms with Crippen molar-refractivity contribution >= 4 is 11.0 Å². The van der Waals surface area contributed by atoms with Gasteiger partial charge in [-0.1, -0.05) is 0 Å². The molecular weight excluding hydrogens is 500 g/mol. The van der Waals surface area contributed by atoms with Gasteiger partial charge in [0.2, 0.25) is 5.75 Å². The van der Waals surface area contributed by atoms with Crippen LogP contribution in [0.5, 0.6) is 46.0 Å². The summed E-state index contributed by atoms with van der Waals surface area (Å²) in [6.45, 7) is -0.288. The van der Waals surface area contributed by atoms with Crippen LogP contribution >= 0.6 is 0 Å². The standard InChI is InChI=1S/C27H26O11/c1-33-22-10-17(4-5-18(22)30)36-12-16(29)13-37-27-24(34-2)6-14(7-25(27)35-3)21-11-20(32)26-19(31)8-15(28)9-23(26)38-21/h4-11,16,28-31H,12-13H2,1-3H3. The van der Waals surface area contributed by atoms with Crippen molar-refractivity contribution in [1.82, 2.24) is 0 Å². The van der Waals surface area contributed by atoms with Crippen molar-refractivity contribution in [3.05, 3.63) is 58.8 Å². The summed E-state index contributed by atoms with van der Waals surface area (Å²) in [6.07, 6.45) is -1.04. The normalized spacial score (nSPS) is 11.7. The number of rotatable bonds is 10. The van der Waals surface area contributed by atoms with Gasteiger partial charge < -0.3 is 48.5 Å². The van der Waals surface area contributed by atoms with E-state index < -0.39 is 17.3 Å². The van der Waals surface area contributed by atoms with Gasteiger partial charge in [0.05, 0.1) is 21.3 Å². The second kappa shape index (κ2) is 11.1. The van der Waals surface area contributed by atoms with Crippen molar-refractivity contribution in [2.75, 3.05) is 34.5 Å². The van der Waals surface area contributed by atoms with E-state index in [1.54, 1.807) is 12.1 Å². The van der Waals surface area contributed by atoms with Crippen LogP contribution in [0.4, 0.5) is 0 Å². The molecule has 0 bridgehead atoms. The van der Waals surface area contributed by atoms with E-state index in [0.29, 0.717) is 11.3 Å². The highest BCUT2D eigenvalue weighted by atomic mass is 16.5. The van der Waals surface area contributed by atoms with Crippen LogP contribution in [0.15, 0.2) is 57.7 Å². The van der Waals surface area contributed by atoms with Gasteiger partial charge in [0.1, 0.15) is 53.3 Å². The maximum Gasteiger partial charge on any atom is 0.203 e. The zero-order valence-corrected chi connectivity index (χ0v) is 20.8. The van der Waals surface area contributed by atoms with E-state index in [1.165, 1.54) is 51.7 Å². The summed E-state index contributed by atoms with van der Waals surface area (Å²) in [4.78, 5) is 12.6. The van der Waals surface area contributed by atoms with E-state index in [1.807, 2.05) is 0 Å². The minimum Gasteiger partial charge on any atom is -0.508 e. The summed E-state index contributed by atoms with van der Waals surface area (Å²) in [5.41, 5.74) is -0.109. The second-order valence-electron chi connectivity index (χ2n) is 8.13. The molecule has 1 atom stereocenters. The maximum atomic E-state index is 12.6. The highest BCUT2D eigenvalue weighted by Gasteiger charge is 2.20. The Balaban J connectivity index is 1.54. The monoisotopic (exact) mass is 526 g/mol. The van der Waals surface area contributed by atoms with Crippen molar-refractivity contribution < 1.29 is 48.5 Å². The highest BCUT2D eigenvalue weighted by Crippen LogP contribution is 2.42. The van der Waals surface area contributed by atoms with Gasteiger partial charge in [0.15, 0.2) is 28.4 Å². The Kier molecular flexibility index (Phi) is 7.68. The molecule has 38 heavy (non-hydrogen) atoms. The lowest BCUT2D eigenvalue weighted by atomic mass is 10.1. The smallest absolute Gasteiger partial charge is 0.203 e. The lowest BCUT2D eigenvalue weighted by Crippen LogP contribution is -2.25. The first kappa shape index (κ1) is 26.3. The van der Waals surface area contributed by atoms with Crippen LogP contribution in [0.25, 0.3) is 22.3 Å². The van der Waals surface area contributed by atoms with Gasteiger partial charge >= 0.3 is 0 Å². The van der Waals surface area contributed by atoms with E-state index in [4.69, 9.17) is 28.1 Å². The van der Waals surface area contributed by atoms with Crippen LogP contribution in [-0.4, -0.2) is 61.1 Å². The topological polar surface area (TPSA) is 157 Å². The average molecular weight is 526 g/mol. The number of aromatic hydroxyl groups is 3. The quantitative estimate of drug-likeness (QED) is 0.240. The molecule has 0 aliphatic heterocycles. The van der Waals surface area contributed by atoms with Crippen LogP contribution < -0.4 is 29.1 Å². The fourth-order valence-electron chi connectivity index (χ4n) is 3.73. The van der Waals surface area contributed by atoms with Gasteiger partial charge in [-0.15, -0.1) is 0 Å². The Labute approximate surface area is 216 Å². The van der Waals surface area contributed by atoms with Crippen molar-refractivity contribution in [3.63, 3.8) is 0 Å². The number of phenols is 3. The number of ether oxygens (including phenoxy) is 5. The Morgan fingerprint density at radius 2 is 1.45 bits per heavy atom. The minimum absolute atomic E-state index is 0.00219. The van der Waals surface area contributed by atoms with Gasteiger partial charge in [0.25, 0.3) is 0 Å². The third kappa shape index (κ3) is 5.47. The molecule has 0 amide bonds. The Hall–Kier alpha value is -4.77. The van der Waals surface area contributed by atoms with E-state index in [9.17, 15) is 25.2 Å². The fourth-order valence-corrected chi connectivity index (χ4v) is 3.73. The third-order valence-electron chi connectivity index (χ3n) is 5.55. The Morgan fingerprint density at radius 3 is 2.11 bits per heavy atom. The van der Waals surface area contributed by atoms with Crippen LogP contribution in [0.2, 0.25) is 0 Å². The number of benzene rings is 3. The van der Waals surface area contributed by atoms with Gasteiger partial charge in [-0.2, -0.15) is 0 Å². The summed E-state index contributed by atoms with van der Waals surface area (Å²) in [6, 6.07) is 11.0. The number of methoxy groups -OCH3 is 3. The SMILES string of the molecule is COc1cc(OCC(O)COc2c(OC)cc(-c3cc(=O)c4c(O)cc(O)cc4o3)cc2OC)ccc1O. The fraction of sp³-hybridized carbons (Fsp3) is 0.222. The molecule has 0 radical (unpaired) electrons. The molecule has 1 heterocycles. The molecule has 0 aliphatic carbocycles. The van der Waals surface area contributed by atoms with E-state index in [0.717, 1.165) is 6.07 Å². The zero-order valence-electron chi connectivity index (χ0n) is 20.8. The summed E-state index contributed by atoms with van der Waals surface area (Å²) in [5, 5.41) is 39.8. The number of phenolic OH excluding ortho intramolecular Hbond substituents is 3. The molecule has 1 aromatic heterocycles. The predicted molar refractivity (Wildman–Crippen MR) is 136 cm³/mol. The highest BCUT2D eigenvalue weighted by molar-refractivity contribution is 5.86. The van der Waals surface area contributed by atoms with Crippen molar-refractivity contribution in [3.8, 4) is 57.3 Å². The van der Waals surface area contributed by atoms with E-state index in [-0.39, 0.29) is 64.4 Å². The first-order valence-corrected chi connectivity index (χ1v) is 11.3. The van der Waals surface area contributed by atoms with Gasteiger partial charge in [-0.3, -0.25) is 4.79 Å². The molecule has 4 rings (SSSR count). The third-order valence-corrected chi connectivity index (χ3v) is 5.55. The summed E-state index contributed by atoms with van der Waals surface area (Å²) in [7, 11) is 4.24. The lowest BCUT2D eigenvalue weighted by Gasteiger charge is -2.18. The molecule has 0 spiro atoms. The van der Waals surface area contributed by atoms with Gasteiger partial charge in [-0.25, -0.2) is 0 Å². The number of aliphatic hydroxyl groups is 1. The van der Waals surface area contributed by atoms with E-state index >= 15 is 0 Å². The molecule has 4 aromatic rings. The van der Waals surface area contributed by atoms with Crippen molar-refractivity contribution in [2.45, 2.75) is 6.10 Å². The molecule has 11 heteroatoms. The number of fused-ring (bicyclic) bond motifs is 1. The molecule has 0 aliphatic rings. The lowest BCUT2D eigenvalue weighted by molar-refractivity contribution is 0.0605. The molecule has 1 unspecified atom stereocenters. The number of hydrogen-bond acceptors (Lipinski definition) is 11. The molecule has 0 fully saturated rings. The summed E-state index contributed by atoms with van der Waals surface area (Å²) < 4.78 is 33.0. The van der Waals surface area contributed by atoms with E-state index in [2.05, 4.69) is 0 Å². The summed E-state index contributed by atoms with van der Waals surface area (Å²) >= 11 is 0. The molecular formula is C27H26O11. The molecule has 0 saturated carbocycles. The van der Waals surface area contributed by atoms with Crippen LogP contribution in [0.3, 0.4) is 0 Å². The minimum atomic E-state index is -1.04. The second-order valence-corrected chi connectivity index (χ2v) is 8.13. The summed E-state index contributed by atoms with van der Waals surface area (Å²) in [5.74, 6) is 0.721. The molecule has 200 valence electrons. The molecule has 0 saturated heterocycles. The number of hydrogen-bond donors (Lipinski definition) is 4. The average Bonchev–Trinajstić information content (AvgIpc) is 2.90. The Bertz CT molecular complexity index is 1480. The Morgan fingerprint density at radius 1 is 0.789 bits per heavy atom. The predicted octanol–water partition coefficient (Wildman–Crippen LogP) is 3.42. The maximum absolute atomic E-state index is 12.6. The largest absolute Gasteiger partial charge is 0.508 e. The molecule has 3 aromatic carbocycles. The number of aliphatic hydroxyl groups excluding tert-OH is 1. The van der Waals surface area contributed by atoms with Crippen LogP contribution in [0.1, 0.15) is 0 Å². The van der Waals surface area contributed by atoms with Gasteiger partial charge in [0, 0.05) is 29.8 Å². The molecule has 11 nitrogen and oxygen atoms in total. The van der Waals surface area contributed by atoms with Crippen molar-refractivity contribution in [1.29, 1.82) is 0 Å². The van der Waals surface area contributed by atoms with Gasteiger partial charge in [-0.05, 0) is 24.3 Å². The van der Waals surface area contributed by atoms with Crippen LogP contribution in [-0.2, 0) is 0 Å². The van der Waals surface area contributed by atoms with Crippen LogP contribution in [0, 0.1) is 0 Å². The van der Waals surface area contributed by atoms with Crippen molar-refractivity contribution in [2.24, 2.45) is 0 Å². The first-order valence-electron chi connectivity index (χ1n) is 11.3.